The van der Waals surface area contributed by atoms with E-state index in [9.17, 15) is 48.8 Å². The zero-order chi connectivity index (χ0) is 47.6. The highest BCUT2D eigenvalue weighted by atomic mass is 31.2. The van der Waals surface area contributed by atoms with Crippen LogP contribution in [0.1, 0.15) is 162 Å². The highest BCUT2D eigenvalue weighted by Crippen LogP contribution is 2.49. The zero-order valence-corrected chi connectivity index (χ0v) is 39.7. The number of phosphoric acid groups is 2. The van der Waals surface area contributed by atoms with E-state index < -0.39 is 83.5 Å². The van der Waals surface area contributed by atoms with Gasteiger partial charge in [0.2, 0.25) is 0 Å². The Morgan fingerprint density at radius 2 is 1.06 bits per heavy atom. The molecule has 1 saturated carbocycles. The van der Waals surface area contributed by atoms with Crippen molar-refractivity contribution in [2.45, 2.75) is 204 Å². The molecule has 0 radical (unpaired) electrons. The van der Waals surface area contributed by atoms with Crippen molar-refractivity contribution in [3.8, 4) is 0 Å². The topological polar surface area (TPSA) is 273 Å². The normalized spacial score (nSPS) is 22.1. The van der Waals surface area contributed by atoms with Gasteiger partial charge < -0.3 is 44.6 Å². The van der Waals surface area contributed by atoms with Crippen LogP contribution in [-0.4, -0.2) is 109 Å². The first-order chi connectivity index (χ1) is 30.5. The summed E-state index contributed by atoms with van der Waals surface area (Å²) < 4.78 is 49.1. The Morgan fingerprint density at radius 1 is 0.547 bits per heavy atom. The van der Waals surface area contributed by atoms with Gasteiger partial charge in [0.1, 0.15) is 43.2 Å². The zero-order valence-electron chi connectivity index (χ0n) is 37.9. The van der Waals surface area contributed by atoms with E-state index in [2.05, 4.69) is 36.6 Å². The largest absolute Gasteiger partial charge is 0.472 e. The van der Waals surface area contributed by atoms with Crippen molar-refractivity contribution >= 4 is 33.4 Å². The van der Waals surface area contributed by atoms with Crippen molar-refractivity contribution in [1.82, 2.24) is 0 Å². The molecule has 0 aromatic carbocycles. The molecule has 1 aliphatic carbocycles. The second kappa shape index (κ2) is 35.8. The standard InChI is InChI=1S/C45H78O17P2/c1-3-5-7-9-11-13-15-17-19-21-23-25-27-30-36(46)31-29-33-39(48)60-37(34-58-38(47)32-28-26-24-22-20-18-16-14-12-10-8-6-4-2)35-59-64(56,57)62-45-42(51)40(49)41(50)44(43(45)52)61-63(53,54)55/h11,13,17,19,23,25,27,30,37,40-45,49-52H,3-10,12,14-16,18,20-22,24,26,28-29,31-35H2,1-2H3,(H,56,57)(H2,53,54,55)/b13-11-,19-17-,25-23-,30-27+/t37-,40?,41?,42?,43?,44-,45+/m1/s1. The molecule has 0 heterocycles. The van der Waals surface area contributed by atoms with Crippen molar-refractivity contribution in [1.29, 1.82) is 0 Å². The molecule has 1 rings (SSSR count). The van der Waals surface area contributed by atoms with Gasteiger partial charge in [-0.05, 0) is 44.6 Å². The molecule has 0 aromatic heterocycles. The van der Waals surface area contributed by atoms with Crippen LogP contribution in [0, 0.1) is 0 Å². The number of phosphoric ester groups is 2. The van der Waals surface area contributed by atoms with E-state index in [-0.39, 0.29) is 31.5 Å². The van der Waals surface area contributed by atoms with Crippen LogP contribution in [0.3, 0.4) is 0 Å². The SMILES string of the molecule is CCCCC/C=C\C/C=C\C/C=C\C=C\C(=O)CCCC(=O)O[C@H](COC(=O)CCCCCCCCCCCCCCC)COP(=O)(O)O[C@H]1C(O)C(O)C(O)[C@@H](OP(=O)(O)O)C1O. The van der Waals surface area contributed by atoms with Crippen LogP contribution in [0.15, 0.2) is 48.6 Å². The number of aliphatic hydroxyl groups is 4. The fourth-order valence-electron chi connectivity index (χ4n) is 6.74. The van der Waals surface area contributed by atoms with E-state index in [1.807, 2.05) is 12.2 Å². The number of carbonyl (C=O) groups is 3. The number of hydrogen-bond donors (Lipinski definition) is 7. The molecule has 5 unspecified atom stereocenters. The number of carbonyl (C=O) groups excluding carboxylic acids is 3. The number of ketones is 1. The van der Waals surface area contributed by atoms with Crippen molar-refractivity contribution < 1.29 is 81.7 Å². The smallest absolute Gasteiger partial charge is 0.462 e. The highest BCUT2D eigenvalue weighted by Gasteiger charge is 2.54. The number of rotatable bonds is 38. The Labute approximate surface area is 380 Å². The molecule has 0 aromatic rings. The Morgan fingerprint density at radius 3 is 1.66 bits per heavy atom. The second-order valence-corrected chi connectivity index (χ2v) is 18.8. The monoisotopic (exact) mass is 952 g/mol. The number of aliphatic hydroxyl groups excluding tert-OH is 4. The molecule has 17 nitrogen and oxygen atoms in total. The summed E-state index contributed by atoms with van der Waals surface area (Å²) in [7, 11) is -10.8. The Bertz CT molecular complexity index is 1490. The van der Waals surface area contributed by atoms with Crippen LogP contribution in [0.25, 0.3) is 0 Å². The highest BCUT2D eigenvalue weighted by molar-refractivity contribution is 7.47. The maximum Gasteiger partial charge on any atom is 0.472 e. The van der Waals surface area contributed by atoms with Gasteiger partial charge >= 0.3 is 27.6 Å². The van der Waals surface area contributed by atoms with Crippen LogP contribution in [0.5, 0.6) is 0 Å². The number of allylic oxidation sites excluding steroid dienone is 8. The third-order valence-electron chi connectivity index (χ3n) is 10.4. The molecular formula is C45H78O17P2. The van der Waals surface area contributed by atoms with Crippen LogP contribution < -0.4 is 0 Å². The molecule has 8 atom stereocenters. The Hall–Kier alpha value is -2.37. The third kappa shape index (κ3) is 30.0. The third-order valence-corrected chi connectivity index (χ3v) is 11.9. The van der Waals surface area contributed by atoms with E-state index in [0.29, 0.717) is 12.8 Å². The van der Waals surface area contributed by atoms with Gasteiger partial charge in [0.15, 0.2) is 11.9 Å². The molecular weight excluding hydrogens is 874 g/mol. The maximum atomic E-state index is 13.0. The molecule has 0 bridgehead atoms. The predicted octanol–water partition coefficient (Wildman–Crippen LogP) is 7.68. The van der Waals surface area contributed by atoms with Crippen LogP contribution in [0.2, 0.25) is 0 Å². The molecule has 64 heavy (non-hydrogen) atoms. The Kier molecular flexibility index (Phi) is 33.3. The Balaban J connectivity index is 2.70. The van der Waals surface area contributed by atoms with Gasteiger partial charge in [-0.3, -0.25) is 28.0 Å². The predicted molar refractivity (Wildman–Crippen MR) is 242 cm³/mol. The van der Waals surface area contributed by atoms with Gasteiger partial charge in [-0.1, -0.05) is 146 Å². The van der Waals surface area contributed by atoms with Crippen molar-refractivity contribution in [3.05, 3.63) is 48.6 Å². The summed E-state index contributed by atoms with van der Waals surface area (Å²) in [5.74, 6) is -1.70. The first-order valence-electron chi connectivity index (χ1n) is 23.1. The molecule has 7 N–H and O–H groups in total. The first kappa shape index (κ1) is 59.6. The summed E-state index contributed by atoms with van der Waals surface area (Å²) in [4.78, 5) is 66.5. The molecule has 19 heteroatoms. The number of ether oxygens (including phenoxy) is 2. The summed E-state index contributed by atoms with van der Waals surface area (Å²) in [6.45, 7) is 2.87. The summed E-state index contributed by atoms with van der Waals surface area (Å²) in [5.41, 5.74) is 0. The maximum absolute atomic E-state index is 13.0. The van der Waals surface area contributed by atoms with Gasteiger partial charge in [-0.2, -0.15) is 0 Å². The number of esters is 2. The minimum Gasteiger partial charge on any atom is -0.462 e. The lowest BCUT2D eigenvalue weighted by molar-refractivity contribution is -0.216. The number of hydrogen-bond acceptors (Lipinski definition) is 14. The molecule has 370 valence electrons. The van der Waals surface area contributed by atoms with Gasteiger partial charge in [0.05, 0.1) is 6.61 Å². The van der Waals surface area contributed by atoms with Gasteiger partial charge in [0, 0.05) is 19.3 Å². The quantitative estimate of drug-likeness (QED) is 0.00780. The van der Waals surface area contributed by atoms with E-state index in [4.69, 9.17) is 28.3 Å². The molecule has 0 aliphatic heterocycles. The average Bonchev–Trinajstić information content (AvgIpc) is 3.24. The minimum atomic E-state index is -5.39. The van der Waals surface area contributed by atoms with Crippen molar-refractivity contribution in [2.75, 3.05) is 13.2 Å². The van der Waals surface area contributed by atoms with Crippen LogP contribution >= 0.6 is 15.6 Å². The molecule has 0 spiro atoms. The molecule has 0 amide bonds. The fourth-order valence-corrected chi connectivity index (χ4v) is 8.28. The molecule has 1 fully saturated rings. The van der Waals surface area contributed by atoms with Crippen LogP contribution in [-0.2, 0) is 46.6 Å². The molecule has 0 saturated heterocycles. The number of unbranched alkanes of at least 4 members (excludes halogenated alkanes) is 15. The van der Waals surface area contributed by atoms with Crippen molar-refractivity contribution in [3.63, 3.8) is 0 Å². The van der Waals surface area contributed by atoms with E-state index in [1.165, 1.54) is 76.7 Å². The summed E-state index contributed by atoms with van der Waals surface area (Å²) in [5, 5.41) is 41.2. The van der Waals surface area contributed by atoms with Gasteiger partial charge in [-0.25, -0.2) is 9.13 Å². The minimum absolute atomic E-state index is 0.0121. The second-order valence-electron chi connectivity index (χ2n) is 16.2. The summed E-state index contributed by atoms with van der Waals surface area (Å²) >= 11 is 0. The lowest BCUT2D eigenvalue weighted by Gasteiger charge is -2.43. The first-order valence-corrected chi connectivity index (χ1v) is 26.2. The fraction of sp³-hybridized carbons (Fsp3) is 0.756. The summed E-state index contributed by atoms with van der Waals surface area (Å²) in [6, 6.07) is 0. The van der Waals surface area contributed by atoms with E-state index in [0.717, 1.165) is 38.5 Å². The lowest BCUT2D eigenvalue weighted by Crippen LogP contribution is -2.64. The van der Waals surface area contributed by atoms with E-state index in [1.54, 1.807) is 12.2 Å². The van der Waals surface area contributed by atoms with Gasteiger partial charge in [0.25, 0.3) is 0 Å². The summed E-state index contributed by atoms with van der Waals surface area (Å²) in [6.07, 6.45) is 20.8. The average molecular weight is 953 g/mol. The lowest BCUT2D eigenvalue weighted by atomic mass is 9.85. The van der Waals surface area contributed by atoms with Crippen molar-refractivity contribution in [2.24, 2.45) is 0 Å². The van der Waals surface area contributed by atoms with Crippen LogP contribution in [0.4, 0.5) is 0 Å². The van der Waals surface area contributed by atoms with E-state index >= 15 is 0 Å². The van der Waals surface area contributed by atoms with Gasteiger partial charge in [-0.15, -0.1) is 0 Å². The molecule has 1 aliphatic rings.